The van der Waals surface area contributed by atoms with Gasteiger partial charge in [0, 0.05) is 18.0 Å². The average Bonchev–Trinajstić information content (AvgIpc) is 2.34. The predicted octanol–water partition coefficient (Wildman–Crippen LogP) is 3.13. The zero-order valence-electron chi connectivity index (χ0n) is 9.47. The van der Waals surface area contributed by atoms with Crippen molar-refractivity contribution >= 4 is 17.2 Å². The van der Waals surface area contributed by atoms with E-state index in [0.29, 0.717) is 5.69 Å². The Hall–Kier alpha value is -2.24. The fraction of sp³-hybridized carbons (Fsp3) is 0.0833. The van der Waals surface area contributed by atoms with E-state index in [4.69, 9.17) is 5.73 Å². The lowest BCUT2D eigenvalue weighted by Gasteiger charge is -2.09. The molecule has 0 radical (unpaired) electrons. The van der Waals surface area contributed by atoms with Gasteiger partial charge in [0.15, 0.2) is 17.5 Å². The number of nitrogens with zero attached hydrogens (tertiary/aromatic N) is 1. The van der Waals surface area contributed by atoms with Crippen molar-refractivity contribution in [3.05, 3.63) is 47.4 Å². The molecule has 18 heavy (non-hydrogen) atoms. The number of anilines is 3. The predicted molar refractivity (Wildman–Crippen MR) is 63.0 cm³/mol. The van der Waals surface area contributed by atoms with E-state index in [0.717, 1.165) is 17.7 Å². The molecule has 94 valence electrons. The highest BCUT2D eigenvalue weighted by atomic mass is 19.2. The van der Waals surface area contributed by atoms with Crippen LogP contribution in [0.25, 0.3) is 0 Å². The molecular formula is C12H10F3N3. The van der Waals surface area contributed by atoms with Crippen molar-refractivity contribution in [2.45, 2.75) is 6.92 Å². The van der Waals surface area contributed by atoms with Gasteiger partial charge >= 0.3 is 0 Å². The molecule has 0 saturated heterocycles. The second-order valence-corrected chi connectivity index (χ2v) is 3.77. The largest absolute Gasteiger partial charge is 0.398 e. The van der Waals surface area contributed by atoms with Crippen LogP contribution in [0.5, 0.6) is 0 Å². The first-order valence-electron chi connectivity index (χ1n) is 5.11. The molecule has 0 aliphatic heterocycles. The molecule has 0 saturated carbocycles. The number of nitrogen functional groups attached to an aromatic ring is 1. The molecule has 0 unspecified atom stereocenters. The van der Waals surface area contributed by atoms with E-state index < -0.39 is 17.5 Å². The molecule has 3 N–H and O–H groups in total. The standard InChI is InChI=1S/C12H10F3N3/c1-6-5-17-10(4-8(6)16)18-9-3-2-7(13)11(14)12(9)15/h2-5H,1H3,(H3,16,17,18). The number of aromatic nitrogens is 1. The monoisotopic (exact) mass is 253 g/mol. The summed E-state index contributed by atoms with van der Waals surface area (Å²) in [7, 11) is 0. The minimum absolute atomic E-state index is 0.204. The quantitative estimate of drug-likeness (QED) is 0.808. The van der Waals surface area contributed by atoms with Crippen molar-refractivity contribution in [1.82, 2.24) is 4.98 Å². The van der Waals surface area contributed by atoms with Gasteiger partial charge in [0.05, 0.1) is 5.69 Å². The summed E-state index contributed by atoms with van der Waals surface area (Å²) in [6.07, 6.45) is 1.50. The normalized spacial score (nSPS) is 10.4. The van der Waals surface area contributed by atoms with Crippen molar-refractivity contribution in [2.24, 2.45) is 0 Å². The highest BCUT2D eigenvalue weighted by Crippen LogP contribution is 2.23. The van der Waals surface area contributed by atoms with Crippen LogP contribution in [0.15, 0.2) is 24.4 Å². The molecule has 3 nitrogen and oxygen atoms in total. The van der Waals surface area contributed by atoms with Crippen LogP contribution in [0, 0.1) is 24.4 Å². The molecule has 1 heterocycles. The second-order valence-electron chi connectivity index (χ2n) is 3.77. The molecule has 0 atom stereocenters. The summed E-state index contributed by atoms with van der Waals surface area (Å²) in [5.74, 6) is -3.81. The van der Waals surface area contributed by atoms with Gasteiger partial charge in [-0.25, -0.2) is 18.2 Å². The van der Waals surface area contributed by atoms with Crippen LogP contribution in [-0.2, 0) is 0 Å². The zero-order valence-corrected chi connectivity index (χ0v) is 9.47. The first-order valence-corrected chi connectivity index (χ1v) is 5.11. The minimum atomic E-state index is -1.53. The van der Waals surface area contributed by atoms with Gasteiger partial charge in [0.2, 0.25) is 0 Å². The number of benzene rings is 1. The van der Waals surface area contributed by atoms with E-state index in [2.05, 4.69) is 10.3 Å². The van der Waals surface area contributed by atoms with Gasteiger partial charge in [0.1, 0.15) is 5.82 Å². The van der Waals surface area contributed by atoms with Gasteiger partial charge in [-0.3, -0.25) is 0 Å². The Kier molecular flexibility index (Phi) is 3.10. The molecule has 6 heteroatoms. The Morgan fingerprint density at radius 2 is 1.89 bits per heavy atom. The first-order chi connectivity index (χ1) is 8.49. The molecule has 2 aromatic rings. The fourth-order valence-electron chi connectivity index (χ4n) is 1.37. The van der Waals surface area contributed by atoms with Gasteiger partial charge in [-0.15, -0.1) is 0 Å². The van der Waals surface area contributed by atoms with Crippen LogP contribution in [0.2, 0.25) is 0 Å². The number of rotatable bonds is 2. The third-order valence-corrected chi connectivity index (χ3v) is 2.44. The summed E-state index contributed by atoms with van der Waals surface area (Å²) >= 11 is 0. The summed E-state index contributed by atoms with van der Waals surface area (Å²) in [6, 6.07) is 3.40. The molecule has 1 aromatic carbocycles. The Labute approximate surface area is 101 Å². The molecular weight excluding hydrogens is 243 g/mol. The Morgan fingerprint density at radius 1 is 1.17 bits per heavy atom. The number of hydrogen-bond donors (Lipinski definition) is 2. The molecule has 0 bridgehead atoms. The topological polar surface area (TPSA) is 50.9 Å². The molecule has 2 rings (SSSR count). The second kappa shape index (κ2) is 4.56. The van der Waals surface area contributed by atoms with Gasteiger partial charge in [0.25, 0.3) is 0 Å². The number of pyridine rings is 1. The van der Waals surface area contributed by atoms with Crippen LogP contribution < -0.4 is 11.1 Å². The Morgan fingerprint density at radius 3 is 2.56 bits per heavy atom. The fourth-order valence-corrected chi connectivity index (χ4v) is 1.37. The van der Waals surface area contributed by atoms with Crippen molar-refractivity contribution in [1.29, 1.82) is 0 Å². The van der Waals surface area contributed by atoms with E-state index in [1.54, 1.807) is 6.92 Å². The summed E-state index contributed by atoms with van der Waals surface area (Å²) in [5, 5.41) is 2.54. The minimum Gasteiger partial charge on any atom is -0.398 e. The number of halogens is 3. The SMILES string of the molecule is Cc1cnc(Nc2ccc(F)c(F)c2F)cc1N. The third-order valence-electron chi connectivity index (χ3n) is 2.44. The highest BCUT2D eigenvalue weighted by Gasteiger charge is 2.13. The van der Waals surface area contributed by atoms with Crippen LogP contribution in [0.3, 0.4) is 0 Å². The van der Waals surface area contributed by atoms with E-state index in [-0.39, 0.29) is 11.5 Å². The molecule has 0 fully saturated rings. The summed E-state index contributed by atoms with van der Waals surface area (Å²) in [5.41, 5.74) is 6.69. The summed E-state index contributed by atoms with van der Waals surface area (Å²) < 4.78 is 39.1. The van der Waals surface area contributed by atoms with Gasteiger partial charge in [-0.2, -0.15) is 0 Å². The van der Waals surface area contributed by atoms with E-state index in [9.17, 15) is 13.2 Å². The summed E-state index contributed by atoms with van der Waals surface area (Å²) in [6.45, 7) is 1.77. The van der Waals surface area contributed by atoms with Gasteiger partial charge in [-0.05, 0) is 24.6 Å². The van der Waals surface area contributed by atoms with E-state index in [1.165, 1.54) is 12.3 Å². The van der Waals surface area contributed by atoms with Crippen molar-refractivity contribution in [2.75, 3.05) is 11.1 Å². The van der Waals surface area contributed by atoms with E-state index in [1.807, 2.05) is 0 Å². The van der Waals surface area contributed by atoms with Crippen LogP contribution in [0.4, 0.5) is 30.4 Å². The molecule has 0 spiro atoms. The molecule has 1 aromatic heterocycles. The highest BCUT2D eigenvalue weighted by molar-refractivity contribution is 5.61. The van der Waals surface area contributed by atoms with Crippen molar-refractivity contribution < 1.29 is 13.2 Å². The maximum absolute atomic E-state index is 13.4. The lowest BCUT2D eigenvalue weighted by molar-refractivity contribution is 0.449. The first kappa shape index (κ1) is 12.2. The van der Waals surface area contributed by atoms with Gasteiger partial charge in [-0.1, -0.05) is 0 Å². The maximum atomic E-state index is 13.4. The third kappa shape index (κ3) is 2.22. The molecule has 0 aliphatic carbocycles. The Bertz CT molecular complexity index is 599. The van der Waals surface area contributed by atoms with Crippen LogP contribution in [-0.4, -0.2) is 4.98 Å². The number of nitrogens with two attached hydrogens (primary N) is 1. The van der Waals surface area contributed by atoms with Crippen LogP contribution in [0.1, 0.15) is 5.56 Å². The lowest BCUT2D eigenvalue weighted by Crippen LogP contribution is -2.01. The van der Waals surface area contributed by atoms with Crippen LogP contribution >= 0.6 is 0 Å². The Balaban J connectivity index is 2.34. The number of hydrogen-bond acceptors (Lipinski definition) is 3. The maximum Gasteiger partial charge on any atom is 0.196 e. The summed E-state index contributed by atoms with van der Waals surface area (Å²) in [4.78, 5) is 3.95. The lowest BCUT2D eigenvalue weighted by atomic mass is 10.2. The average molecular weight is 253 g/mol. The van der Waals surface area contributed by atoms with Gasteiger partial charge < -0.3 is 11.1 Å². The molecule has 0 aliphatic rings. The number of aryl methyl sites for hydroxylation is 1. The van der Waals surface area contributed by atoms with Crippen molar-refractivity contribution in [3.8, 4) is 0 Å². The smallest absolute Gasteiger partial charge is 0.196 e. The van der Waals surface area contributed by atoms with Crippen molar-refractivity contribution in [3.63, 3.8) is 0 Å². The zero-order chi connectivity index (χ0) is 13.3. The van der Waals surface area contributed by atoms with E-state index >= 15 is 0 Å². The molecule has 0 amide bonds. The number of nitrogens with one attached hydrogen (secondary N) is 1.